The molecule has 1 aromatic carbocycles. The van der Waals surface area contributed by atoms with Crippen molar-refractivity contribution in [3.05, 3.63) is 35.9 Å². The van der Waals surface area contributed by atoms with Gasteiger partial charge in [0.05, 0.1) is 0 Å². The van der Waals surface area contributed by atoms with Gasteiger partial charge in [-0.15, -0.1) is 0 Å². The van der Waals surface area contributed by atoms with Gasteiger partial charge in [0, 0.05) is 5.56 Å². The van der Waals surface area contributed by atoms with Gasteiger partial charge in [-0.1, -0.05) is 43.7 Å². The minimum atomic E-state index is -0.786. The molecule has 0 aliphatic heterocycles. The molecule has 0 atom stereocenters. The zero-order valence-corrected chi connectivity index (χ0v) is 8.77. The number of hydrogen-bond acceptors (Lipinski definition) is 2. The van der Waals surface area contributed by atoms with Gasteiger partial charge in [0.2, 0.25) is 0 Å². The Balaban J connectivity index is 2.81. The predicted molar refractivity (Wildman–Crippen MR) is 60.6 cm³/mol. The fourth-order valence-electron chi connectivity index (χ4n) is 1.20. The van der Waals surface area contributed by atoms with E-state index in [1.165, 1.54) is 0 Å². The highest BCUT2D eigenvalue weighted by Crippen LogP contribution is 2.19. The van der Waals surface area contributed by atoms with Crippen molar-refractivity contribution in [2.24, 2.45) is 5.73 Å². The van der Waals surface area contributed by atoms with Crippen LogP contribution in [-0.4, -0.2) is 6.09 Å². The molecule has 0 saturated heterocycles. The monoisotopic (exact) mass is 205 g/mol. The topological polar surface area (TPSA) is 52.3 Å². The second kappa shape index (κ2) is 5.86. The van der Waals surface area contributed by atoms with Gasteiger partial charge in [-0.2, -0.15) is 0 Å². The minimum Gasteiger partial charge on any atom is -0.410 e. The van der Waals surface area contributed by atoms with Crippen LogP contribution in [0, 0.1) is 0 Å². The van der Waals surface area contributed by atoms with E-state index in [1.807, 2.05) is 24.3 Å². The van der Waals surface area contributed by atoms with Crippen molar-refractivity contribution in [2.75, 3.05) is 0 Å². The molecule has 0 spiro atoms. The maximum absolute atomic E-state index is 10.6. The van der Waals surface area contributed by atoms with Gasteiger partial charge in [-0.05, 0) is 12.5 Å². The van der Waals surface area contributed by atoms with E-state index in [-0.39, 0.29) is 0 Å². The van der Waals surface area contributed by atoms with Crippen molar-refractivity contribution in [1.29, 1.82) is 0 Å². The van der Waals surface area contributed by atoms with Gasteiger partial charge in [0.15, 0.2) is 0 Å². The normalized spacial score (nSPS) is 10.5. The van der Waals surface area contributed by atoms with E-state index in [2.05, 4.69) is 6.92 Å². The Morgan fingerprint density at radius 3 is 2.87 bits per heavy atom. The van der Waals surface area contributed by atoms with Crippen LogP contribution in [0.3, 0.4) is 0 Å². The molecule has 0 fully saturated rings. The molecule has 0 saturated carbocycles. The predicted octanol–water partition coefficient (Wildman–Crippen LogP) is 2.96. The molecular formula is C12H15NO2. The largest absolute Gasteiger partial charge is 0.410 e. The van der Waals surface area contributed by atoms with Gasteiger partial charge >= 0.3 is 6.09 Å². The number of para-hydroxylation sites is 1. The lowest BCUT2D eigenvalue weighted by molar-refractivity contribution is 0.211. The quantitative estimate of drug-likeness (QED) is 0.821. The molecule has 0 bridgehead atoms. The SMILES string of the molecule is CCCC=Cc1ccccc1OC(N)=O. The van der Waals surface area contributed by atoms with Crippen LogP contribution in [0.4, 0.5) is 4.79 Å². The summed E-state index contributed by atoms with van der Waals surface area (Å²) in [6, 6.07) is 7.29. The molecule has 0 aliphatic carbocycles. The van der Waals surface area contributed by atoms with E-state index in [1.54, 1.807) is 12.1 Å². The summed E-state index contributed by atoms with van der Waals surface area (Å²) in [6.45, 7) is 2.11. The van der Waals surface area contributed by atoms with Crippen LogP contribution in [0.25, 0.3) is 6.08 Å². The summed E-state index contributed by atoms with van der Waals surface area (Å²) in [5.74, 6) is 0.498. The second-order valence-corrected chi connectivity index (χ2v) is 3.15. The number of nitrogens with two attached hydrogens (primary N) is 1. The van der Waals surface area contributed by atoms with Crippen LogP contribution in [0.5, 0.6) is 5.75 Å². The molecule has 2 N–H and O–H groups in total. The van der Waals surface area contributed by atoms with Crippen molar-refractivity contribution >= 4 is 12.2 Å². The maximum Gasteiger partial charge on any atom is 0.409 e. The first kappa shape index (κ1) is 11.3. The third kappa shape index (κ3) is 3.85. The van der Waals surface area contributed by atoms with Gasteiger partial charge < -0.3 is 10.5 Å². The molecule has 3 heteroatoms. The Morgan fingerprint density at radius 1 is 1.47 bits per heavy atom. The van der Waals surface area contributed by atoms with Gasteiger partial charge in [0.25, 0.3) is 0 Å². The number of carbonyl (C=O) groups excluding carboxylic acids is 1. The third-order valence-corrected chi connectivity index (χ3v) is 1.88. The van der Waals surface area contributed by atoms with E-state index in [0.717, 1.165) is 18.4 Å². The summed E-state index contributed by atoms with van der Waals surface area (Å²) >= 11 is 0. The molecule has 1 aromatic rings. The Morgan fingerprint density at radius 2 is 2.20 bits per heavy atom. The number of carbonyl (C=O) groups is 1. The summed E-state index contributed by atoms with van der Waals surface area (Å²) < 4.78 is 4.86. The molecule has 1 amide bonds. The van der Waals surface area contributed by atoms with Crippen LogP contribution >= 0.6 is 0 Å². The number of benzene rings is 1. The van der Waals surface area contributed by atoms with E-state index in [0.29, 0.717) is 5.75 Å². The average molecular weight is 205 g/mol. The first-order chi connectivity index (χ1) is 7.24. The Hall–Kier alpha value is -1.77. The fraction of sp³-hybridized carbons (Fsp3) is 0.250. The minimum absolute atomic E-state index is 0.498. The number of ether oxygens (including phenoxy) is 1. The number of unbranched alkanes of at least 4 members (excludes halogenated alkanes) is 1. The second-order valence-electron chi connectivity index (χ2n) is 3.15. The molecule has 0 radical (unpaired) electrons. The maximum atomic E-state index is 10.6. The van der Waals surface area contributed by atoms with E-state index >= 15 is 0 Å². The zero-order valence-electron chi connectivity index (χ0n) is 8.77. The average Bonchev–Trinajstić information content (AvgIpc) is 2.20. The van der Waals surface area contributed by atoms with Crippen LogP contribution in [0.15, 0.2) is 30.3 Å². The highest BCUT2D eigenvalue weighted by Gasteiger charge is 2.02. The third-order valence-electron chi connectivity index (χ3n) is 1.88. The lowest BCUT2D eigenvalue weighted by atomic mass is 10.1. The summed E-state index contributed by atoms with van der Waals surface area (Å²) in [6.07, 6.45) is 5.29. The van der Waals surface area contributed by atoms with Gasteiger partial charge in [-0.3, -0.25) is 0 Å². The summed E-state index contributed by atoms with van der Waals surface area (Å²) in [4.78, 5) is 10.6. The number of hydrogen-bond donors (Lipinski definition) is 1. The molecule has 0 aliphatic rings. The number of allylic oxidation sites excluding steroid dienone is 1. The van der Waals surface area contributed by atoms with Crippen LogP contribution < -0.4 is 10.5 Å². The summed E-state index contributed by atoms with van der Waals surface area (Å²) in [5, 5.41) is 0. The van der Waals surface area contributed by atoms with Crippen LogP contribution in [0.1, 0.15) is 25.3 Å². The van der Waals surface area contributed by atoms with Crippen LogP contribution in [0.2, 0.25) is 0 Å². The Bertz CT molecular complexity index is 358. The van der Waals surface area contributed by atoms with Gasteiger partial charge in [0.1, 0.15) is 5.75 Å². The summed E-state index contributed by atoms with van der Waals surface area (Å²) in [5.41, 5.74) is 5.83. The Labute approximate surface area is 89.5 Å². The first-order valence-corrected chi connectivity index (χ1v) is 4.97. The molecule has 1 rings (SSSR count). The molecule has 0 unspecified atom stereocenters. The van der Waals surface area contributed by atoms with E-state index in [4.69, 9.17) is 10.5 Å². The highest BCUT2D eigenvalue weighted by molar-refractivity contribution is 5.70. The van der Waals surface area contributed by atoms with Crippen molar-refractivity contribution in [3.63, 3.8) is 0 Å². The molecule has 0 heterocycles. The van der Waals surface area contributed by atoms with Crippen molar-refractivity contribution < 1.29 is 9.53 Å². The lowest BCUT2D eigenvalue weighted by Gasteiger charge is -2.03. The zero-order chi connectivity index (χ0) is 11.1. The lowest BCUT2D eigenvalue weighted by Crippen LogP contribution is -2.16. The molecule has 80 valence electrons. The summed E-state index contributed by atoms with van der Waals surface area (Å²) in [7, 11) is 0. The molecule has 3 nitrogen and oxygen atoms in total. The van der Waals surface area contributed by atoms with Crippen molar-refractivity contribution in [2.45, 2.75) is 19.8 Å². The highest BCUT2D eigenvalue weighted by atomic mass is 16.5. The van der Waals surface area contributed by atoms with E-state index < -0.39 is 6.09 Å². The fourth-order valence-corrected chi connectivity index (χ4v) is 1.20. The molecule has 15 heavy (non-hydrogen) atoms. The van der Waals surface area contributed by atoms with Crippen molar-refractivity contribution in [3.8, 4) is 5.75 Å². The number of amides is 1. The van der Waals surface area contributed by atoms with E-state index in [9.17, 15) is 4.79 Å². The first-order valence-electron chi connectivity index (χ1n) is 4.97. The molecule has 0 aromatic heterocycles. The standard InChI is InChI=1S/C12H15NO2/c1-2-3-4-7-10-8-5-6-9-11(10)15-12(13)14/h4-9H,2-3H2,1H3,(H2,13,14). The molecular weight excluding hydrogens is 190 g/mol. The smallest absolute Gasteiger partial charge is 0.409 e. The van der Waals surface area contributed by atoms with Gasteiger partial charge in [-0.25, -0.2) is 4.79 Å². The van der Waals surface area contributed by atoms with Crippen molar-refractivity contribution in [1.82, 2.24) is 0 Å². The number of rotatable bonds is 4. The Kier molecular flexibility index (Phi) is 4.41. The van der Waals surface area contributed by atoms with Crippen LogP contribution in [-0.2, 0) is 0 Å². The number of primary amides is 1.